The molecule has 40 heavy (non-hydrogen) atoms. The average molecular weight is 551 g/mol. The summed E-state index contributed by atoms with van der Waals surface area (Å²) < 4.78 is 14.7. The van der Waals surface area contributed by atoms with Crippen molar-refractivity contribution in [2.24, 2.45) is 0 Å². The zero-order valence-electron chi connectivity index (χ0n) is 21.4. The van der Waals surface area contributed by atoms with Crippen LogP contribution in [0.5, 0.6) is 0 Å². The van der Waals surface area contributed by atoms with E-state index < -0.39 is 10.8 Å². The molecule has 0 amide bonds. The zero-order valence-corrected chi connectivity index (χ0v) is 23.0. The molecule has 8 aromatic rings. The molecule has 0 radical (unpaired) electrons. The number of fused-ring (bicyclic) bond motifs is 6. The molecule has 9 rings (SSSR count). The standard InChI is InChI=1S/C23H12OS.C13H10OS/c24-23-17-7-2-1-5-13(17)15-11-12-20-22-16(9-10-18(23)21(15)22)14-6-3-4-8-19(14)25-20;14-15-12-7-3-1-5-10(12)9-11-6-2-4-8-13(11)15/h1-12H;1-8H,9H2. The van der Waals surface area contributed by atoms with Gasteiger partial charge in [0.15, 0.2) is 5.43 Å². The van der Waals surface area contributed by atoms with Crippen LogP contribution in [-0.2, 0) is 17.2 Å². The van der Waals surface area contributed by atoms with Gasteiger partial charge in [-0.1, -0.05) is 91.0 Å². The summed E-state index contributed by atoms with van der Waals surface area (Å²) in [7, 11) is -0.990. The Morgan fingerprint density at radius 2 is 1.02 bits per heavy atom. The van der Waals surface area contributed by atoms with E-state index >= 15 is 0 Å². The van der Waals surface area contributed by atoms with Crippen LogP contribution < -0.4 is 5.43 Å². The van der Waals surface area contributed by atoms with Crippen molar-refractivity contribution in [3.05, 3.63) is 143 Å². The summed E-state index contributed by atoms with van der Waals surface area (Å²) in [6.45, 7) is 0. The lowest BCUT2D eigenvalue weighted by Crippen LogP contribution is -2.08. The lowest BCUT2D eigenvalue weighted by Gasteiger charge is -2.18. The normalized spacial score (nSPS) is 13.0. The Morgan fingerprint density at radius 1 is 0.475 bits per heavy atom. The molecule has 0 unspecified atom stereocenters. The van der Waals surface area contributed by atoms with Crippen LogP contribution in [0.25, 0.3) is 52.5 Å². The summed E-state index contributed by atoms with van der Waals surface area (Å²) >= 11 is 1.80. The Morgan fingerprint density at radius 3 is 1.77 bits per heavy atom. The zero-order chi connectivity index (χ0) is 26.8. The van der Waals surface area contributed by atoms with Gasteiger partial charge in [0.2, 0.25) is 0 Å². The minimum Gasteiger partial charge on any atom is -0.289 e. The molecule has 190 valence electrons. The maximum absolute atomic E-state index is 13.1. The van der Waals surface area contributed by atoms with Gasteiger partial charge >= 0.3 is 0 Å². The van der Waals surface area contributed by atoms with Gasteiger partial charge in [-0.15, -0.1) is 11.3 Å². The predicted octanol–water partition coefficient (Wildman–Crippen LogP) is 9.07. The van der Waals surface area contributed by atoms with Crippen molar-refractivity contribution >= 4 is 74.6 Å². The van der Waals surface area contributed by atoms with Crippen LogP contribution in [0, 0.1) is 0 Å². The molecule has 0 saturated heterocycles. The van der Waals surface area contributed by atoms with Crippen molar-refractivity contribution in [1.29, 1.82) is 0 Å². The smallest absolute Gasteiger partial charge is 0.194 e. The second-order valence-electron chi connectivity index (χ2n) is 10.2. The Kier molecular flexibility index (Phi) is 5.34. The molecule has 0 spiro atoms. The molecule has 1 aliphatic rings. The number of hydrogen-bond donors (Lipinski definition) is 0. The minimum absolute atomic E-state index is 0.135. The first-order valence-electron chi connectivity index (χ1n) is 13.3. The fraction of sp³-hybridized carbons (Fsp3) is 0.0278. The van der Waals surface area contributed by atoms with Crippen molar-refractivity contribution in [3.63, 3.8) is 0 Å². The van der Waals surface area contributed by atoms with Gasteiger partial charge in [-0.25, -0.2) is 4.21 Å². The van der Waals surface area contributed by atoms with Gasteiger partial charge in [0.05, 0.1) is 10.8 Å². The second-order valence-corrected chi connectivity index (χ2v) is 12.7. The first-order valence-corrected chi connectivity index (χ1v) is 15.2. The summed E-state index contributed by atoms with van der Waals surface area (Å²) in [5, 5.41) is 8.68. The lowest BCUT2D eigenvalue weighted by atomic mass is 9.92. The van der Waals surface area contributed by atoms with Crippen molar-refractivity contribution in [1.82, 2.24) is 0 Å². The van der Waals surface area contributed by atoms with Crippen molar-refractivity contribution in [3.8, 4) is 0 Å². The van der Waals surface area contributed by atoms with Gasteiger partial charge in [0.1, 0.15) is 0 Å². The summed E-state index contributed by atoms with van der Waals surface area (Å²) in [4.78, 5) is 15.0. The van der Waals surface area contributed by atoms with E-state index in [0.717, 1.165) is 37.8 Å². The SMILES string of the molecule is O=S1c2ccccc2Cc2ccccc21.O=c1c2ccccc2c2ccc3sc4ccccc4c4ccc1c2c34. The summed E-state index contributed by atoms with van der Waals surface area (Å²) in [6, 6.07) is 40.9. The van der Waals surface area contributed by atoms with E-state index in [0.29, 0.717) is 0 Å². The maximum atomic E-state index is 13.1. The summed E-state index contributed by atoms with van der Waals surface area (Å²) in [5.74, 6) is 0. The predicted molar refractivity (Wildman–Crippen MR) is 170 cm³/mol. The molecule has 2 nitrogen and oxygen atoms in total. The summed E-state index contributed by atoms with van der Waals surface area (Å²) in [5.41, 5.74) is 2.51. The highest BCUT2D eigenvalue weighted by Crippen LogP contribution is 2.41. The third-order valence-corrected chi connectivity index (χ3v) is 10.7. The van der Waals surface area contributed by atoms with Crippen molar-refractivity contribution < 1.29 is 4.21 Å². The average Bonchev–Trinajstić information content (AvgIpc) is 3.01. The monoisotopic (exact) mass is 550 g/mol. The van der Waals surface area contributed by atoms with Gasteiger partial charge in [-0.05, 0) is 69.4 Å². The van der Waals surface area contributed by atoms with Gasteiger partial charge in [-0.2, -0.15) is 0 Å². The first-order chi connectivity index (χ1) is 19.7. The van der Waals surface area contributed by atoms with Crippen LogP contribution in [0.2, 0.25) is 0 Å². The molecule has 7 aromatic carbocycles. The highest BCUT2D eigenvalue weighted by atomic mass is 32.2. The van der Waals surface area contributed by atoms with Gasteiger partial charge in [0, 0.05) is 40.7 Å². The number of hydrogen-bond acceptors (Lipinski definition) is 3. The molecule has 0 saturated carbocycles. The van der Waals surface area contributed by atoms with Crippen LogP contribution in [-0.4, -0.2) is 4.21 Å². The van der Waals surface area contributed by atoms with E-state index in [1.807, 2.05) is 60.7 Å². The van der Waals surface area contributed by atoms with E-state index in [1.165, 1.54) is 42.1 Å². The van der Waals surface area contributed by atoms with Crippen LogP contribution in [0.3, 0.4) is 0 Å². The summed E-state index contributed by atoms with van der Waals surface area (Å²) in [6.07, 6.45) is 0.901. The molecular formula is C36H22O2S2. The van der Waals surface area contributed by atoms with Crippen LogP contribution in [0.1, 0.15) is 11.1 Å². The van der Waals surface area contributed by atoms with Gasteiger partial charge < -0.3 is 0 Å². The van der Waals surface area contributed by atoms with E-state index in [1.54, 1.807) is 11.3 Å². The van der Waals surface area contributed by atoms with Crippen LogP contribution in [0.15, 0.2) is 136 Å². The number of benzene rings is 7. The molecule has 0 N–H and O–H groups in total. The second kappa shape index (κ2) is 9.09. The van der Waals surface area contributed by atoms with Gasteiger partial charge in [0.25, 0.3) is 0 Å². The van der Waals surface area contributed by atoms with Crippen LogP contribution >= 0.6 is 11.3 Å². The fourth-order valence-electron chi connectivity index (χ4n) is 6.13. The molecule has 0 aliphatic carbocycles. The molecule has 0 atom stereocenters. The fourth-order valence-corrected chi connectivity index (χ4v) is 8.65. The Balaban J connectivity index is 0.000000140. The minimum atomic E-state index is -0.990. The molecular weight excluding hydrogens is 529 g/mol. The largest absolute Gasteiger partial charge is 0.289 e. The van der Waals surface area contributed by atoms with E-state index in [9.17, 15) is 9.00 Å². The molecule has 4 heteroatoms. The highest BCUT2D eigenvalue weighted by Gasteiger charge is 2.20. The third-order valence-electron chi connectivity index (χ3n) is 7.95. The topological polar surface area (TPSA) is 34.1 Å². The maximum Gasteiger partial charge on any atom is 0.194 e. The highest BCUT2D eigenvalue weighted by molar-refractivity contribution is 7.85. The lowest BCUT2D eigenvalue weighted by molar-refractivity contribution is 0.679. The van der Waals surface area contributed by atoms with E-state index in [2.05, 4.69) is 60.7 Å². The molecule has 0 bridgehead atoms. The Labute approximate surface area is 236 Å². The van der Waals surface area contributed by atoms with Crippen LogP contribution in [0.4, 0.5) is 0 Å². The molecule has 1 aliphatic heterocycles. The van der Waals surface area contributed by atoms with Crippen molar-refractivity contribution in [2.75, 3.05) is 0 Å². The Hall–Kier alpha value is -4.38. The van der Waals surface area contributed by atoms with E-state index in [-0.39, 0.29) is 5.43 Å². The Bertz CT molecular complexity index is 2300. The third kappa shape index (κ3) is 3.46. The molecule has 0 fully saturated rings. The van der Waals surface area contributed by atoms with Crippen molar-refractivity contribution in [2.45, 2.75) is 16.2 Å². The first kappa shape index (κ1) is 23.5. The molecule has 2 heterocycles. The quantitative estimate of drug-likeness (QED) is 0.139. The number of rotatable bonds is 0. The van der Waals surface area contributed by atoms with E-state index in [4.69, 9.17) is 0 Å². The van der Waals surface area contributed by atoms with Gasteiger partial charge in [-0.3, -0.25) is 4.79 Å². The molecule has 1 aromatic heterocycles.